The van der Waals surface area contributed by atoms with Crippen LogP contribution in [-0.2, 0) is 34.0 Å². The molecule has 0 aliphatic carbocycles. The summed E-state index contributed by atoms with van der Waals surface area (Å²) in [6, 6.07) is 8.83. The van der Waals surface area contributed by atoms with Crippen molar-refractivity contribution >= 4 is 17.7 Å². The van der Waals surface area contributed by atoms with Gasteiger partial charge in [-0.2, -0.15) is 0 Å². The molecule has 3 atom stereocenters. The van der Waals surface area contributed by atoms with Gasteiger partial charge < -0.3 is 14.4 Å². The normalized spacial score (nSPS) is 25.8. The maximum atomic E-state index is 15.6. The first-order valence-electron chi connectivity index (χ1n) is 13.1. The summed E-state index contributed by atoms with van der Waals surface area (Å²) in [7, 11) is 0. The number of imide groups is 1. The Balaban J connectivity index is 1.34. The Morgan fingerprint density at radius 2 is 1.83 bits per heavy atom. The molecule has 5 rings (SSSR count). The number of halogens is 1. The van der Waals surface area contributed by atoms with Crippen LogP contribution in [0.5, 0.6) is 5.75 Å². The summed E-state index contributed by atoms with van der Waals surface area (Å²) in [5.74, 6) is -1.48. The molecule has 3 aliphatic rings. The lowest BCUT2D eigenvalue weighted by Gasteiger charge is -2.35. The van der Waals surface area contributed by atoms with Gasteiger partial charge in [-0.25, -0.2) is 4.39 Å². The first-order chi connectivity index (χ1) is 18.1. The first kappa shape index (κ1) is 21.9. The highest BCUT2D eigenvalue weighted by molar-refractivity contribution is 6.05. The number of benzene rings is 2. The number of nitrogens with one attached hydrogen (secondary N) is 1. The van der Waals surface area contributed by atoms with Gasteiger partial charge in [-0.3, -0.25) is 24.6 Å². The quantitative estimate of drug-likeness (QED) is 0.618. The molecule has 0 bridgehead atoms. The predicted octanol–water partition coefficient (Wildman–Crippen LogP) is 2.77. The van der Waals surface area contributed by atoms with Crippen molar-refractivity contribution < 1.29 is 31.0 Å². The molecule has 8 nitrogen and oxygen atoms in total. The number of morpholine rings is 1. The Morgan fingerprint density at radius 3 is 2.58 bits per heavy atom. The van der Waals surface area contributed by atoms with Crippen LogP contribution in [-0.4, -0.2) is 58.9 Å². The molecule has 0 aromatic heterocycles. The van der Waals surface area contributed by atoms with Gasteiger partial charge in [-0.05, 0) is 32.4 Å². The monoisotopic (exact) mass is 497 g/mol. The molecule has 1 N–H and O–H groups in total. The van der Waals surface area contributed by atoms with Gasteiger partial charge in [0.15, 0.2) is 0 Å². The number of ether oxygens (including phenoxy) is 2. The topological polar surface area (TPSA) is 88.2 Å². The van der Waals surface area contributed by atoms with E-state index in [2.05, 4.69) is 5.32 Å². The second-order valence-electron chi connectivity index (χ2n) is 9.52. The van der Waals surface area contributed by atoms with Gasteiger partial charge in [0.25, 0.3) is 5.91 Å². The van der Waals surface area contributed by atoms with E-state index in [1.807, 2.05) is 13.8 Å². The van der Waals surface area contributed by atoms with Crippen molar-refractivity contribution in [2.75, 3.05) is 13.1 Å². The molecule has 3 unspecified atom stereocenters. The summed E-state index contributed by atoms with van der Waals surface area (Å²) in [6.45, 7) is 2.32. The summed E-state index contributed by atoms with van der Waals surface area (Å²) in [6.07, 6.45) is 0.0593. The van der Waals surface area contributed by atoms with Crippen molar-refractivity contribution in [3.63, 3.8) is 0 Å². The lowest BCUT2D eigenvalue weighted by atomic mass is 10.0. The highest BCUT2D eigenvalue weighted by Gasteiger charge is 2.40. The van der Waals surface area contributed by atoms with Crippen LogP contribution in [0.3, 0.4) is 0 Å². The van der Waals surface area contributed by atoms with E-state index in [0.717, 1.165) is 0 Å². The van der Waals surface area contributed by atoms with E-state index < -0.39 is 24.3 Å². The van der Waals surface area contributed by atoms with E-state index in [-0.39, 0.29) is 61.1 Å². The number of nitrogens with zero attached hydrogens (tertiary/aromatic N) is 2. The summed E-state index contributed by atoms with van der Waals surface area (Å²) >= 11 is 0. The van der Waals surface area contributed by atoms with Crippen LogP contribution in [0.25, 0.3) is 0 Å². The van der Waals surface area contributed by atoms with Gasteiger partial charge in [0.1, 0.15) is 24.2 Å². The Kier molecular flexibility index (Phi) is 6.09. The van der Waals surface area contributed by atoms with Crippen LogP contribution in [0.1, 0.15) is 56.5 Å². The van der Waals surface area contributed by atoms with Crippen LogP contribution >= 0.6 is 0 Å². The Morgan fingerprint density at radius 1 is 1.11 bits per heavy atom. The third-order valence-corrected chi connectivity index (χ3v) is 6.70. The molecule has 2 fully saturated rings. The number of carbonyl (C=O) groups is 3. The molecule has 0 spiro atoms. The van der Waals surface area contributed by atoms with Crippen molar-refractivity contribution in [2.24, 2.45) is 0 Å². The van der Waals surface area contributed by atoms with Gasteiger partial charge in [0, 0.05) is 51.0 Å². The maximum Gasteiger partial charge on any atom is 0.255 e. The van der Waals surface area contributed by atoms with Crippen LogP contribution in [0.2, 0.25) is 0 Å². The standard InChI is InChI=1S/C27H30FN3O5/c1-16-11-30(12-17(2)36-16)13-18-5-3-6-19(25(18)28)15-35-23-8-4-7-20-21(23)14-31(27(20)34)22-9-10-24(32)29-26(22)33/h3-8,16-17,22H,9-15H2,1-2H3,(H,29,32,33)/i13D2. The van der Waals surface area contributed by atoms with Gasteiger partial charge in [-0.1, -0.05) is 24.3 Å². The third-order valence-electron chi connectivity index (χ3n) is 6.70. The lowest BCUT2D eigenvalue weighted by molar-refractivity contribution is -0.136. The van der Waals surface area contributed by atoms with E-state index in [9.17, 15) is 14.4 Å². The molecule has 3 heterocycles. The van der Waals surface area contributed by atoms with Crippen LogP contribution in [0.4, 0.5) is 4.39 Å². The van der Waals surface area contributed by atoms with Crippen LogP contribution in [0.15, 0.2) is 36.4 Å². The predicted molar refractivity (Wildman–Crippen MR) is 129 cm³/mol. The van der Waals surface area contributed by atoms with E-state index in [0.29, 0.717) is 30.0 Å². The van der Waals surface area contributed by atoms with E-state index in [1.165, 1.54) is 11.0 Å². The molecule has 0 radical (unpaired) electrons. The van der Waals surface area contributed by atoms with Gasteiger partial charge >= 0.3 is 0 Å². The molecule has 36 heavy (non-hydrogen) atoms. The Bertz CT molecular complexity index is 1280. The molecule has 9 heteroatoms. The Labute approximate surface area is 212 Å². The Hall–Kier alpha value is -3.30. The van der Waals surface area contributed by atoms with E-state index in [4.69, 9.17) is 12.2 Å². The second kappa shape index (κ2) is 9.99. The summed E-state index contributed by atoms with van der Waals surface area (Å²) < 4.78 is 44.7. The molecule has 190 valence electrons. The van der Waals surface area contributed by atoms with Crippen molar-refractivity contribution in [1.82, 2.24) is 15.1 Å². The van der Waals surface area contributed by atoms with Crippen molar-refractivity contribution in [3.8, 4) is 5.75 Å². The molecular weight excluding hydrogens is 465 g/mol. The molecule has 2 aromatic carbocycles. The van der Waals surface area contributed by atoms with Gasteiger partial charge in [0.2, 0.25) is 11.8 Å². The average molecular weight is 498 g/mol. The number of piperidine rings is 1. The van der Waals surface area contributed by atoms with E-state index >= 15 is 4.39 Å². The molecular formula is C27H30FN3O5. The summed E-state index contributed by atoms with van der Waals surface area (Å²) in [5, 5.41) is 2.28. The number of fused-ring (bicyclic) bond motifs is 1. The SMILES string of the molecule is [2H]C([2H])(c1cccc(COc2cccc3c2CN(C2CCC(=O)NC2=O)C3=O)c1F)N1CC(C)OC(C)C1. The maximum absolute atomic E-state index is 15.6. The molecule has 3 aliphatic heterocycles. The van der Waals surface area contributed by atoms with Gasteiger partial charge in [-0.15, -0.1) is 0 Å². The fraction of sp³-hybridized carbons (Fsp3) is 0.444. The zero-order chi connectivity index (χ0) is 27.2. The fourth-order valence-electron chi connectivity index (χ4n) is 5.07. The van der Waals surface area contributed by atoms with Crippen molar-refractivity contribution in [3.05, 3.63) is 64.5 Å². The summed E-state index contributed by atoms with van der Waals surface area (Å²) in [4.78, 5) is 39.9. The molecule has 2 aromatic rings. The van der Waals surface area contributed by atoms with Gasteiger partial charge in [0.05, 0.1) is 18.8 Å². The third kappa shape index (κ3) is 4.85. The lowest BCUT2D eigenvalue weighted by Crippen LogP contribution is -2.52. The molecule has 2 saturated heterocycles. The number of amides is 3. The molecule has 0 saturated carbocycles. The van der Waals surface area contributed by atoms with Crippen LogP contribution < -0.4 is 10.1 Å². The number of rotatable bonds is 6. The smallest absolute Gasteiger partial charge is 0.255 e. The van der Waals surface area contributed by atoms with E-state index in [1.54, 1.807) is 35.2 Å². The number of hydrogen-bond acceptors (Lipinski definition) is 6. The molecule has 3 amide bonds. The highest BCUT2D eigenvalue weighted by Crippen LogP contribution is 2.34. The number of carbonyl (C=O) groups excluding carboxylic acids is 3. The van der Waals surface area contributed by atoms with Crippen LogP contribution in [0, 0.1) is 5.82 Å². The minimum atomic E-state index is -2.05. The first-order valence-corrected chi connectivity index (χ1v) is 12.1. The highest BCUT2D eigenvalue weighted by atomic mass is 19.1. The largest absolute Gasteiger partial charge is 0.488 e. The van der Waals surface area contributed by atoms with Crippen molar-refractivity contribution in [2.45, 2.75) is 64.6 Å². The minimum Gasteiger partial charge on any atom is -0.488 e. The number of hydrogen-bond donors (Lipinski definition) is 1. The van der Waals surface area contributed by atoms with Crippen molar-refractivity contribution in [1.29, 1.82) is 0 Å². The zero-order valence-corrected chi connectivity index (χ0v) is 20.3. The summed E-state index contributed by atoms with van der Waals surface area (Å²) in [5.41, 5.74) is 1.10. The fourth-order valence-corrected chi connectivity index (χ4v) is 5.07. The minimum absolute atomic E-state index is 0.0719. The average Bonchev–Trinajstić information content (AvgIpc) is 3.19. The second-order valence-corrected chi connectivity index (χ2v) is 9.52. The zero-order valence-electron chi connectivity index (χ0n) is 22.3.